The molecule has 0 amide bonds. The molecule has 0 aromatic heterocycles. The highest BCUT2D eigenvalue weighted by atomic mass is 16.5. The second-order valence-electron chi connectivity index (χ2n) is 4.61. The minimum Gasteiger partial charge on any atom is -0.481 e. The van der Waals surface area contributed by atoms with E-state index in [-0.39, 0.29) is 12.4 Å². The van der Waals surface area contributed by atoms with Gasteiger partial charge >= 0.3 is 11.9 Å². The summed E-state index contributed by atoms with van der Waals surface area (Å²) in [5, 5.41) is 10.7. The SMILES string of the molecule is O=C(O)CCC1OC(=O)c2cc3ccccc3cc21. The van der Waals surface area contributed by atoms with Crippen LogP contribution in [0.15, 0.2) is 36.4 Å². The van der Waals surface area contributed by atoms with E-state index in [1.54, 1.807) is 0 Å². The van der Waals surface area contributed by atoms with E-state index in [9.17, 15) is 9.59 Å². The fraction of sp³-hybridized carbons (Fsp3) is 0.200. The van der Waals surface area contributed by atoms with E-state index < -0.39 is 12.1 Å². The fourth-order valence-electron chi connectivity index (χ4n) is 2.43. The highest BCUT2D eigenvalue weighted by molar-refractivity contribution is 5.99. The maximum atomic E-state index is 11.8. The Morgan fingerprint density at radius 2 is 1.89 bits per heavy atom. The molecule has 1 unspecified atom stereocenters. The Kier molecular flexibility index (Phi) is 2.71. The first kappa shape index (κ1) is 11.7. The van der Waals surface area contributed by atoms with Gasteiger partial charge in [0.25, 0.3) is 0 Å². The van der Waals surface area contributed by atoms with Gasteiger partial charge < -0.3 is 9.84 Å². The average Bonchev–Trinajstić information content (AvgIpc) is 2.70. The van der Waals surface area contributed by atoms with Crippen LogP contribution >= 0.6 is 0 Å². The monoisotopic (exact) mass is 256 g/mol. The summed E-state index contributed by atoms with van der Waals surface area (Å²) in [7, 11) is 0. The number of esters is 1. The highest BCUT2D eigenvalue weighted by Gasteiger charge is 2.31. The average molecular weight is 256 g/mol. The highest BCUT2D eigenvalue weighted by Crippen LogP contribution is 2.36. The summed E-state index contributed by atoms with van der Waals surface area (Å²) in [5.41, 5.74) is 1.35. The van der Waals surface area contributed by atoms with E-state index in [1.807, 2.05) is 36.4 Å². The molecule has 0 radical (unpaired) electrons. The van der Waals surface area contributed by atoms with Gasteiger partial charge in [-0.2, -0.15) is 0 Å². The standard InChI is InChI=1S/C15H12O4/c16-14(17)6-5-13-11-7-9-3-1-2-4-10(9)8-12(11)15(18)19-13/h1-4,7-8,13H,5-6H2,(H,16,17). The van der Waals surface area contributed by atoms with Gasteiger partial charge in [0.1, 0.15) is 6.10 Å². The quantitative estimate of drug-likeness (QED) is 0.857. The first-order valence-electron chi connectivity index (χ1n) is 6.10. The molecule has 4 nitrogen and oxygen atoms in total. The largest absolute Gasteiger partial charge is 0.481 e. The predicted octanol–water partition coefficient (Wildman–Crippen LogP) is 2.92. The van der Waals surface area contributed by atoms with Gasteiger partial charge in [0.15, 0.2) is 0 Å². The van der Waals surface area contributed by atoms with Crippen LogP contribution in [0.25, 0.3) is 10.8 Å². The lowest BCUT2D eigenvalue weighted by Gasteiger charge is -2.09. The number of rotatable bonds is 3. The number of carboxylic acid groups (broad SMARTS) is 1. The molecule has 4 heteroatoms. The van der Waals surface area contributed by atoms with Crippen molar-refractivity contribution in [3.8, 4) is 0 Å². The lowest BCUT2D eigenvalue weighted by molar-refractivity contribution is -0.137. The number of hydrogen-bond donors (Lipinski definition) is 1. The van der Waals surface area contributed by atoms with Crippen LogP contribution < -0.4 is 0 Å². The number of aliphatic carboxylic acids is 1. The Hall–Kier alpha value is -2.36. The second kappa shape index (κ2) is 4.39. The molecule has 0 saturated heterocycles. The van der Waals surface area contributed by atoms with Crippen molar-refractivity contribution in [1.82, 2.24) is 0 Å². The van der Waals surface area contributed by atoms with Crippen molar-refractivity contribution in [2.45, 2.75) is 18.9 Å². The Morgan fingerprint density at radius 1 is 1.21 bits per heavy atom. The Morgan fingerprint density at radius 3 is 2.58 bits per heavy atom. The molecule has 1 aliphatic heterocycles. The van der Waals surface area contributed by atoms with Gasteiger partial charge in [0, 0.05) is 12.0 Å². The van der Waals surface area contributed by atoms with E-state index in [2.05, 4.69) is 0 Å². The number of carbonyl (C=O) groups is 2. The summed E-state index contributed by atoms with van der Waals surface area (Å²) >= 11 is 0. The number of hydrogen-bond acceptors (Lipinski definition) is 3. The van der Waals surface area contributed by atoms with E-state index in [0.717, 1.165) is 16.3 Å². The van der Waals surface area contributed by atoms with Crippen molar-refractivity contribution in [3.05, 3.63) is 47.5 Å². The predicted molar refractivity (Wildman–Crippen MR) is 69.0 cm³/mol. The van der Waals surface area contributed by atoms with Gasteiger partial charge in [0.2, 0.25) is 0 Å². The van der Waals surface area contributed by atoms with Crippen LogP contribution in [0.5, 0.6) is 0 Å². The van der Waals surface area contributed by atoms with Crippen LogP contribution in [0.3, 0.4) is 0 Å². The zero-order valence-corrected chi connectivity index (χ0v) is 10.1. The molecular formula is C15H12O4. The number of carbonyl (C=O) groups excluding carboxylic acids is 1. The van der Waals surface area contributed by atoms with E-state index in [4.69, 9.17) is 9.84 Å². The van der Waals surface area contributed by atoms with E-state index in [0.29, 0.717) is 12.0 Å². The van der Waals surface area contributed by atoms with Gasteiger partial charge in [0.05, 0.1) is 5.56 Å². The number of benzene rings is 2. The lowest BCUT2D eigenvalue weighted by atomic mass is 9.97. The molecule has 0 spiro atoms. The molecule has 3 rings (SSSR count). The molecular weight excluding hydrogens is 244 g/mol. The van der Waals surface area contributed by atoms with Gasteiger partial charge in [-0.3, -0.25) is 4.79 Å². The van der Waals surface area contributed by atoms with Crippen molar-refractivity contribution in [1.29, 1.82) is 0 Å². The zero-order valence-electron chi connectivity index (χ0n) is 10.1. The maximum Gasteiger partial charge on any atom is 0.339 e. The van der Waals surface area contributed by atoms with Crippen LogP contribution in [-0.4, -0.2) is 17.0 Å². The summed E-state index contributed by atoms with van der Waals surface area (Å²) in [4.78, 5) is 22.4. The molecule has 1 N–H and O–H groups in total. The molecule has 1 atom stereocenters. The molecule has 0 saturated carbocycles. The smallest absolute Gasteiger partial charge is 0.339 e. The Labute approximate surface area is 109 Å². The molecule has 0 fully saturated rings. The number of carboxylic acids is 1. The summed E-state index contributed by atoms with van der Waals surface area (Å²) in [5.74, 6) is -1.25. The summed E-state index contributed by atoms with van der Waals surface area (Å²) in [6, 6.07) is 11.5. The van der Waals surface area contributed by atoms with Crippen LogP contribution in [0.2, 0.25) is 0 Å². The summed E-state index contributed by atoms with van der Waals surface area (Å²) in [6.07, 6.45) is -0.139. The normalized spacial score (nSPS) is 17.3. The molecule has 96 valence electrons. The molecule has 2 aromatic carbocycles. The van der Waals surface area contributed by atoms with Crippen molar-refractivity contribution in [2.75, 3.05) is 0 Å². The van der Waals surface area contributed by atoms with Crippen LogP contribution in [0.4, 0.5) is 0 Å². The van der Waals surface area contributed by atoms with Crippen molar-refractivity contribution in [3.63, 3.8) is 0 Å². The van der Waals surface area contributed by atoms with Crippen molar-refractivity contribution >= 4 is 22.7 Å². The molecule has 2 aromatic rings. The Bertz CT molecular complexity index is 675. The summed E-state index contributed by atoms with van der Waals surface area (Å²) in [6.45, 7) is 0. The molecule has 1 heterocycles. The second-order valence-corrected chi connectivity index (χ2v) is 4.61. The third kappa shape index (κ3) is 2.05. The van der Waals surface area contributed by atoms with Gasteiger partial charge in [-0.25, -0.2) is 4.79 Å². The Balaban J connectivity index is 2.03. The molecule has 19 heavy (non-hydrogen) atoms. The number of cyclic esters (lactones) is 1. The minimum absolute atomic E-state index is 0.00971. The van der Waals surface area contributed by atoms with E-state index >= 15 is 0 Å². The lowest BCUT2D eigenvalue weighted by Crippen LogP contribution is -2.03. The van der Waals surface area contributed by atoms with Gasteiger partial charge in [-0.15, -0.1) is 0 Å². The molecule has 1 aliphatic rings. The first-order chi connectivity index (χ1) is 9.15. The number of fused-ring (bicyclic) bond motifs is 2. The molecule has 0 aliphatic carbocycles. The third-order valence-electron chi connectivity index (χ3n) is 3.35. The topological polar surface area (TPSA) is 63.6 Å². The first-order valence-corrected chi connectivity index (χ1v) is 6.10. The van der Waals surface area contributed by atoms with Crippen molar-refractivity contribution < 1.29 is 19.4 Å². The van der Waals surface area contributed by atoms with Crippen LogP contribution in [0.1, 0.15) is 34.9 Å². The van der Waals surface area contributed by atoms with Crippen LogP contribution in [-0.2, 0) is 9.53 Å². The van der Waals surface area contributed by atoms with E-state index in [1.165, 1.54) is 0 Å². The van der Waals surface area contributed by atoms with Gasteiger partial charge in [-0.05, 0) is 29.3 Å². The summed E-state index contributed by atoms with van der Waals surface area (Å²) < 4.78 is 5.25. The third-order valence-corrected chi connectivity index (χ3v) is 3.35. The maximum absolute atomic E-state index is 11.8. The fourth-order valence-corrected chi connectivity index (χ4v) is 2.43. The van der Waals surface area contributed by atoms with Gasteiger partial charge in [-0.1, -0.05) is 24.3 Å². The number of ether oxygens (including phenoxy) is 1. The van der Waals surface area contributed by atoms with Crippen LogP contribution in [0, 0.1) is 0 Å². The van der Waals surface area contributed by atoms with Crippen molar-refractivity contribution in [2.24, 2.45) is 0 Å². The minimum atomic E-state index is -0.884. The molecule has 0 bridgehead atoms. The zero-order chi connectivity index (χ0) is 13.4.